The summed E-state index contributed by atoms with van der Waals surface area (Å²) in [7, 11) is 0. The number of morpholine rings is 1. The fourth-order valence-corrected chi connectivity index (χ4v) is 3.77. The average molecular weight is 393 g/mol. The number of nitrogens with two attached hydrogens (primary N) is 1. The molecular weight excluding hydrogens is 370 g/mol. The van der Waals surface area contributed by atoms with Crippen LogP contribution in [0, 0.1) is 0 Å². The van der Waals surface area contributed by atoms with Gasteiger partial charge in [-0.25, -0.2) is 9.50 Å². The van der Waals surface area contributed by atoms with Crippen molar-refractivity contribution in [2.24, 2.45) is 5.73 Å². The van der Waals surface area contributed by atoms with Gasteiger partial charge >= 0.3 is 0 Å². The molecule has 1 atom stereocenters. The lowest BCUT2D eigenvalue weighted by Crippen LogP contribution is -2.43. The zero-order valence-electron chi connectivity index (χ0n) is 16.2. The summed E-state index contributed by atoms with van der Waals surface area (Å²) < 4.78 is 19.1. The Labute approximate surface area is 167 Å². The summed E-state index contributed by atoms with van der Waals surface area (Å²) in [4.78, 5) is 6.82. The van der Waals surface area contributed by atoms with Gasteiger partial charge in [0.15, 0.2) is 11.4 Å². The summed E-state index contributed by atoms with van der Waals surface area (Å²) in [5.74, 6) is 1.21. The topological polar surface area (TPSA) is 91.0 Å². The normalized spacial score (nSPS) is 17.3. The van der Waals surface area contributed by atoms with Gasteiger partial charge in [-0.2, -0.15) is 0 Å². The largest absolute Gasteiger partial charge is 0.475 e. The van der Waals surface area contributed by atoms with Crippen molar-refractivity contribution in [2.75, 3.05) is 37.8 Å². The number of ether oxygens (including phenoxy) is 2. The zero-order valence-corrected chi connectivity index (χ0v) is 16.2. The van der Waals surface area contributed by atoms with Gasteiger partial charge in [0.05, 0.1) is 19.4 Å². The summed E-state index contributed by atoms with van der Waals surface area (Å²) in [6.45, 7) is 5.34. The number of imidazole rings is 1. The molecule has 1 fully saturated rings. The molecule has 2 N–H and O–H groups in total. The third kappa shape index (κ3) is 3.20. The fourth-order valence-electron chi connectivity index (χ4n) is 3.77. The minimum atomic E-state index is 0.312. The number of anilines is 1. The molecule has 1 aromatic carbocycles. The van der Waals surface area contributed by atoms with Gasteiger partial charge in [-0.15, -0.1) is 5.10 Å². The van der Waals surface area contributed by atoms with E-state index in [4.69, 9.17) is 19.6 Å². The Balaban J connectivity index is 1.58. The highest BCUT2D eigenvalue weighted by molar-refractivity contribution is 5.94. The van der Waals surface area contributed by atoms with Crippen molar-refractivity contribution in [3.05, 3.63) is 42.6 Å². The first-order valence-corrected chi connectivity index (χ1v) is 9.79. The highest BCUT2D eigenvalue weighted by Crippen LogP contribution is 2.35. The SMILES string of the molecule is C[C@H]1COCCN1c1cccc2oc(-c3cnc4ccc(OCCN)nn34)cc12. The number of hydrogen-bond acceptors (Lipinski definition) is 7. The molecule has 0 bridgehead atoms. The van der Waals surface area contributed by atoms with Gasteiger partial charge in [-0.05, 0) is 31.2 Å². The van der Waals surface area contributed by atoms with Gasteiger partial charge < -0.3 is 24.5 Å². The highest BCUT2D eigenvalue weighted by Gasteiger charge is 2.22. The van der Waals surface area contributed by atoms with Crippen molar-refractivity contribution in [3.63, 3.8) is 0 Å². The van der Waals surface area contributed by atoms with Crippen LogP contribution < -0.4 is 15.4 Å². The Kier molecular flexibility index (Phi) is 4.57. The molecule has 0 unspecified atom stereocenters. The van der Waals surface area contributed by atoms with Gasteiger partial charge in [0, 0.05) is 36.3 Å². The van der Waals surface area contributed by atoms with E-state index >= 15 is 0 Å². The second-order valence-electron chi connectivity index (χ2n) is 7.14. The Morgan fingerprint density at radius 3 is 3.07 bits per heavy atom. The van der Waals surface area contributed by atoms with Crippen LogP contribution in [0.5, 0.6) is 5.88 Å². The van der Waals surface area contributed by atoms with Gasteiger partial charge in [0.25, 0.3) is 0 Å². The summed E-state index contributed by atoms with van der Waals surface area (Å²) in [6.07, 6.45) is 1.77. The summed E-state index contributed by atoms with van der Waals surface area (Å²) in [6, 6.07) is 12.2. The van der Waals surface area contributed by atoms with E-state index in [1.54, 1.807) is 16.8 Å². The second kappa shape index (κ2) is 7.38. The molecule has 0 saturated carbocycles. The van der Waals surface area contributed by atoms with E-state index in [0.717, 1.165) is 47.8 Å². The summed E-state index contributed by atoms with van der Waals surface area (Å²) in [5, 5.41) is 5.60. The van der Waals surface area contributed by atoms with Gasteiger partial charge in [-0.1, -0.05) is 6.07 Å². The second-order valence-corrected chi connectivity index (χ2v) is 7.14. The van der Waals surface area contributed by atoms with E-state index in [2.05, 4.69) is 34.0 Å². The Hall–Kier alpha value is -3.10. The van der Waals surface area contributed by atoms with Gasteiger partial charge in [-0.3, -0.25) is 0 Å². The smallest absolute Gasteiger partial charge is 0.231 e. The molecule has 8 heteroatoms. The lowest BCUT2D eigenvalue weighted by molar-refractivity contribution is 0.0991. The number of fused-ring (bicyclic) bond motifs is 2. The molecule has 8 nitrogen and oxygen atoms in total. The van der Waals surface area contributed by atoms with E-state index in [-0.39, 0.29) is 0 Å². The predicted molar refractivity (Wildman–Crippen MR) is 110 cm³/mol. The number of hydrogen-bond donors (Lipinski definition) is 1. The molecule has 3 aromatic heterocycles. The number of benzene rings is 1. The monoisotopic (exact) mass is 393 g/mol. The van der Waals surface area contributed by atoms with Crippen LogP contribution in [0.2, 0.25) is 0 Å². The fraction of sp³-hybridized carbons (Fsp3) is 0.333. The van der Waals surface area contributed by atoms with Crippen LogP contribution in [0.15, 0.2) is 47.0 Å². The molecule has 1 aliphatic heterocycles. The van der Waals surface area contributed by atoms with E-state index in [1.165, 1.54) is 0 Å². The van der Waals surface area contributed by atoms with Crippen LogP contribution in [0.25, 0.3) is 28.1 Å². The number of nitrogens with zero attached hydrogens (tertiary/aromatic N) is 4. The first kappa shape index (κ1) is 18.0. The van der Waals surface area contributed by atoms with Crippen molar-refractivity contribution in [1.29, 1.82) is 0 Å². The molecule has 0 aliphatic carbocycles. The maximum absolute atomic E-state index is 6.19. The molecule has 5 rings (SSSR count). The molecule has 150 valence electrons. The minimum absolute atomic E-state index is 0.312. The standard InChI is InChI=1S/C21H23N5O3/c1-14-13-27-10-8-25(14)16-3-2-4-18-15(16)11-19(29-18)17-12-23-20-5-6-21(24-26(17)20)28-9-7-22/h2-6,11-12,14H,7-10,13,22H2,1H3/t14-/m0/s1. The lowest BCUT2D eigenvalue weighted by Gasteiger charge is -2.35. The number of rotatable bonds is 5. The predicted octanol–water partition coefficient (Wildman–Crippen LogP) is 2.71. The molecule has 29 heavy (non-hydrogen) atoms. The quantitative estimate of drug-likeness (QED) is 0.557. The first-order valence-electron chi connectivity index (χ1n) is 9.79. The highest BCUT2D eigenvalue weighted by atomic mass is 16.5. The van der Waals surface area contributed by atoms with Crippen LogP contribution in [0.1, 0.15) is 6.92 Å². The zero-order chi connectivity index (χ0) is 19.8. The van der Waals surface area contributed by atoms with Crippen molar-refractivity contribution < 1.29 is 13.9 Å². The maximum Gasteiger partial charge on any atom is 0.231 e. The third-order valence-electron chi connectivity index (χ3n) is 5.17. The molecule has 0 amide bonds. The van der Waals surface area contributed by atoms with Gasteiger partial charge in [0.1, 0.15) is 17.9 Å². The van der Waals surface area contributed by atoms with E-state index in [1.807, 2.05) is 18.2 Å². The van der Waals surface area contributed by atoms with Crippen LogP contribution in [0.3, 0.4) is 0 Å². The Morgan fingerprint density at radius 1 is 1.28 bits per heavy atom. The van der Waals surface area contributed by atoms with Crippen LogP contribution in [-0.4, -0.2) is 53.6 Å². The third-order valence-corrected chi connectivity index (χ3v) is 5.17. The van der Waals surface area contributed by atoms with Crippen molar-refractivity contribution in [2.45, 2.75) is 13.0 Å². The van der Waals surface area contributed by atoms with Crippen molar-refractivity contribution in [3.8, 4) is 17.3 Å². The molecule has 0 radical (unpaired) electrons. The van der Waals surface area contributed by atoms with Crippen molar-refractivity contribution >= 4 is 22.3 Å². The summed E-state index contributed by atoms with van der Waals surface area (Å²) in [5.41, 5.74) is 9.01. The molecule has 1 saturated heterocycles. The van der Waals surface area contributed by atoms with E-state index in [0.29, 0.717) is 30.8 Å². The summed E-state index contributed by atoms with van der Waals surface area (Å²) >= 11 is 0. The molecule has 1 aliphatic rings. The lowest BCUT2D eigenvalue weighted by atomic mass is 10.1. The maximum atomic E-state index is 6.19. The van der Waals surface area contributed by atoms with Crippen LogP contribution >= 0.6 is 0 Å². The minimum Gasteiger partial charge on any atom is -0.475 e. The molecular formula is C21H23N5O3. The first-order chi connectivity index (χ1) is 14.2. The molecule has 4 heterocycles. The van der Waals surface area contributed by atoms with Crippen molar-refractivity contribution in [1.82, 2.24) is 14.6 Å². The van der Waals surface area contributed by atoms with Crippen LogP contribution in [0.4, 0.5) is 5.69 Å². The Morgan fingerprint density at radius 2 is 2.21 bits per heavy atom. The average Bonchev–Trinajstić information content (AvgIpc) is 3.36. The van der Waals surface area contributed by atoms with E-state index < -0.39 is 0 Å². The molecule has 4 aromatic rings. The molecule has 0 spiro atoms. The van der Waals surface area contributed by atoms with Gasteiger partial charge in [0.2, 0.25) is 5.88 Å². The Bertz CT molecular complexity index is 1150. The number of aromatic nitrogens is 3. The van der Waals surface area contributed by atoms with Crippen LogP contribution in [-0.2, 0) is 4.74 Å². The number of furan rings is 1. The van der Waals surface area contributed by atoms with E-state index in [9.17, 15) is 0 Å².